The fourth-order valence-electron chi connectivity index (χ4n) is 1.44. The quantitative estimate of drug-likeness (QED) is 0.728. The van der Waals surface area contributed by atoms with Crippen molar-refractivity contribution in [2.45, 2.75) is 19.9 Å². The number of halogens is 1. The summed E-state index contributed by atoms with van der Waals surface area (Å²) in [7, 11) is 0. The Labute approximate surface area is 85.9 Å². The lowest BCUT2D eigenvalue weighted by Crippen LogP contribution is -2.05. The van der Waals surface area contributed by atoms with Crippen LogP contribution in [0.25, 0.3) is 11.2 Å². The maximum Gasteiger partial charge on any atom is 0.203 e. The number of hydrogen-bond acceptors (Lipinski definition) is 4. The second-order valence-electron chi connectivity index (χ2n) is 3.27. The van der Waals surface area contributed by atoms with E-state index in [2.05, 4.69) is 15.0 Å². The molecule has 14 heavy (non-hydrogen) atoms. The molecule has 0 spiro atoms. The van der Waals surface area contributed by atoms with Crippen molar-refractivity contribution < 1.29 is 0 Å². The van der Waals surface area contributed by atoms with E-state index in [1.165, 1.54) is 6.33 Å². The molecule has 2 aromatic heterocycles. The van der Waals surface area contributed by atoms with Crippen LogP contribution in [-0.2, 0) is 0 Å². The van der Waals surface area contributed by atoms with Gasteiger partial charge in [-0.3, -0.25) is 0 Å². The molecule has 2 N–H and O–H groups in total. The molecule has 0 radical (unpaired) electrons. The highest BCUT2D eigenvalue weighted by Crippen LogP contribution is 2.25. The Balaban J connectivity index is 2.86. The molecule has 5 nitrogen and oxygen atoms in total. The molecule has 0 saturated carbocycles. The van der Waals surface area contributed by atoms with Gasteiger partial charge in [0.1, 0.15) is 11.8 Å². The summed E-state index contributed by atoms with van der Waals surface area (Å²) < 4.78 is 1.82. The molecule has 0 atom stereocenters. The number of rotatable bonds is 1. The van der Waals surface area contributed by atoms with E-state index < -0.39 is 0 Å². The first kappa shape index (κ1) is 9.21. The lowest BCUT2D eigenvalue weighted by molar-refractivity contribution is 0.626. The molecular weight excluding hydrogens is 202 g/mol. The number of hydrogen-bond donors (Lipinski definition) is 1. The molecule has 0 saturated heterocycles. The Morgan fingerprint density at radius 2 is 2.14 bits per heavy atom. The van der Waals surface area contributed by atoms with Crippen LogP contribution in [0.5, 0.6) is 0 Å². The van der Waals surface area contributed by atoms with Crippen LogP contribution in [0, 0.1) is 0 Å². The van der Waals surface area contributed by atoms with Gasteiger partial charge in [0.15, 0.2) is 10.8 Å². The van der Waals surface area contributed by atoms with Gasteiger partial charge < -0.3 is 10.3 Å². The van der Waals surface area contributed by atoms with Gasteiger partial charge in [0.05, 0.1) is 0 Å². The molecular formula is C8H10ClN5. The molecule has 2 aromatic rings. The van der Waals surface area contributed by atoms with Gasteiger partial charge in [-0.25, -0.2) is 9.97 Å². The Hall–Kier alpha value is -1.36. The van der Waals surface area contributed by atoms with Crippen LogP contribution in [-0.4, -0.2) is 19.5 Å². The van der Waals surface area contributed by atoms with Crippen LogP contribution in [0.3, 0.4) is 0 Å². The highest BCUT2D eigenvalue weighted by Gasteiger charge is 2.14. The summed E-state index contributed by atoms with van der Waals surface area (Å²) in [6, 6.07) is 0.184. The number of imidazole rings is 1. The van der Waals surface area contributed by atoms with Crippen molar-refractivity contribution in [3.8, 4) is 0 Å². The minimum absolute atomic E-state index is 0.184. The highest BCUT2D eigenvalue weighted by molar-refractivity contribution is 6.33. The van der Waals surface area contributed by atoms with E-state index in [1.807, 2.05) is 18.4 Å². The Morgan fingerprint density at radius 3 is 2.79 bits per heavy atom. The maximum atomic E-state index is 5.95. The number of fused-ring (bicyclic) bond motifs is 1. The van der Waals surface area contributed by atoms with Gasteiger partial charge in [-0.15, -0.1) is 0 Å². The summed E-state index contributed by atoms with van der Waals surface area (Å²) in [5.41, 5.74) is 6.98. The van der Waals surface area contributed by atoms with Gasteiger partial charge in [-0.1, -0.05) is 11.6 Å². The summed E-state index contributed by atoms with van der Waals surface area (Å²) in [6.45, 7) is 4.00. The van der Waals surface area contributed by atoms with Crippen LogP contribution >= 0.6 is 11.6 Å². The summed E-state index contributed by atoms with van der Waals surface area (Å²) in [5, 5.41) is 0.382. The molecule has 0 bridgehead atoms. The second kappa shape index (κ2) is 3.09. The predicted molar refractivity (Wildman–Crippen MR) is 55.1 cm³/mol. The number of nitrogens with two attached hydrogens (primary N) is 1. The third-order valence-electron chi connectivity index (χ3n) is 1.98. The van der Waals surface area contributed by atoms with Crippen LogP contribution < -0.4 is 5.73 Å². The van der Waals surface area contributed by atoms with Crippen molar-refractivity contribution in [1.29, 1.82) is 0 Å². The van der Waals surface area contributed by atoms with Crippen LogP contribution in [0.1, 0.15) is 19.9 Å². The van der Waals surface area contributed by atoms with Crippen LogP contribution in [0.15, 0.2) is 6.33 Å². The van der Waals surface area contributed by atoms with Crippen molar-refractivity contribution in [3.63, 3.8) is 0 Å². The number of anilines is 1. The first-order valence-corrected chi connectivity index (χ1v) is 4.63. The molecule has 0 aliphatic heterocycles. The van der Waals surface area contributed by atoms with Crippen molar-refractivity contribution in [3.05, 3.63) is 11.5 Å². The van der Waals surface area contributed by atoms with E-state index in [0.717, 1.165) is 0 Å². The van der Waals surface area contributed by atoms with Crippen molar-refractivity contribution in [2.24, 2.45) is 0 Å². The zero-order valence-corrected chi connectivity index (χ0v) is 8.65. The smallest absolute Gasteiger partial charge is 0.203 e. The molecule has 2 heterocycles. The Morgan fingerprint density at radius 1 is 1.43 bits per heavy atom. The fraction of sp³-hybridized carbons (Fsp3) is 0.375. The topological polar surface area (TPSA) is 69.6 Å². The molecule has 0 aliphatic rings. The van der Waals surface area contributed by atoms with Gasteiger partial charge in [-0.2, -0.15) is 4.98 Å². The van der Waals surface area contributed by atoms with E-state index in [4.69, 9.17) is 17.3 Å². The van der Waals surface area contributed by atoms with Gasteiger partial charge in [-0.05, 0) is 13.8 Å². The number of nitrogen functional groups attached to an aromatic ring is 1. The summed E-state index contributed by atoms with van der Waals surface area (Å²) in [4.78, 5) is 12.0. The first-order chi connectivity index (χ1) is 6.61. The Bertz CT molecular complexity index is 476. The summed E-state index contributed by atoms with van der Waals surface area (Å²) in [6.07, 6.45) is 1.38. The van der Waals surface area contributed by atoms with Crippen molar-refractivity contribution >= 4 is 28.7 Å². The van der Waals surface area contributed by atoms with Gasteiger partial charge in [0.2, 0.25) is 5.95 Å². The van der Waals surface area contributed by atoms with E-state index >= 15 is 0 Å². The molecule has 0 aromatic carbocycles. The zero-order chi connectivity index (χ0) is 10.3. The third kappa shape index (κ3) is 1.21. The van der Waals surface area contributed by atoms with Crippen LogP contribution in [0.2, 0.25) is 5.15 Å². The fourth-order valence-corrected chi connectivity index (χ4v) is 1.66. The summed E-state index contributed by atoms with van der Waals surface area (Å²) in [5.74, 6) is 0.414. The van der Waals surface area contributed by atoms with E-state index in [0.29, 0.717) is 22.3 Å². The Kier molecular flexibility index (Phi) is 2.03. The normalized spacial score (nSPS) is 11.4. The average molecular weight is 212 g/mol. The van der Waals surface area contributed by atoms with Gasteiger partial charge in [0, 0.05) is 6.04 Å². The highest BCUT2D eigenvalue weighted by atomic mass is 35.5. The van der Waals surface area contributed by atoms with Gasteiger partial charge in [0.25, 0.3) is 0 Å². The molecule has 0 amide bonds. The van der Waals surface area contributed by atoms with Crippen molar-refractivity contribution in [1.82, 2.24) is 19.5 Å². The minimum Gasteiger partial charge on any atom is -0.369 e. The lowest BCUT2D eigenvalue weighted by Gasteiger charge is -2.09. The second-order valence-corrected chi connectivity index (χ2v) is 3.63. The molecule has 0 aliphatic carbocycles. The van der Waals surface area contributed by atoms with Crippen molar-refractivity contribution in [2.75, 3.05) is 5.73 Å². The van der Waals surface area contributed by atoms with Crippen LogP contribution in [0.4, 0.5) is 5.95 Å². The molecule has 0 unspecified atom stereocenters. The lowest BCUT2D eigenvalue weighted by atomic mass is 10.4. The zero-order valence-electron chi connectivity index (χ0n) is 7.90. The average Bonchev–Trinajstić information content (AvgIpc) is 2.42. The summed E-state index contributed by atoms with van der Waals surface area (Å²) >= 11 is 5.95. The van der Waals surface area contributed by atoms with E-state index in [9.17, 15) is 0 Å². The largest absolute Gasteiger partial charge is 0.369 e. The monoisotopic (exact) mass is 211 g/mol. The molecule has 0 fully saturated rings. The van der Waals surface area contributed by atoms with E-state index in [1.54, 1.807) is 0 Å². The SMILES string of the molecule is CC(C)n1c(N)nc2ncnc(Cl)c21. The molecule has 6 heteroatoms. The first-order valence-electron chi connectivity index (χ1n) is 4.25. The number of aromatic nitrogens is 4. The van der Waals surface area contributed by atoms with Gasteiger partial charge >= 0.3 is 0 Å². The number of nitrogens with zero attached hydrogens (tertiary/aromatic N) is 4. The molecule has 74 valence electrons. The maximum absolute atomic E-state index is 5.95. The predicted octanol–water partition coefficient (Wildman–Crippen LogP) is 1.64. The van der Waals surface area contributed by atoms with E-state index in [-0.39, 0.29) is 6.04 Å². The standard InChI is InChI=1S/C8H10ClN5/c1-4(2)14-5-6(9)11-3-12-7(5)13-8(14)10/h3-4H,1-2H3,(H2,10,11,12,13). The minimum atomic E-state index is 0.184. The third-order valence-corrected chi connectivity index (χ3v) is 2.26. The molecule has 2 rings (SSSR count).